The molecule has 112 valence electrons. The molecule has 0 spiro atoms. The summed E-state index contributed by atoms with van der Waals surface area (Å²) in [5.74, 6) is 0. The summed E-state index contributed by atoms with van der Waals surface area (Å²) in [5, 5.41) is 4.95. The Morgan fingerprint density at radius 3 is 2.24 bits per heavy atom. The van der Waals surface area contributed by atoms with Crippen molar-refractivity contribution in [3.8, 4) is 0 Å². The van der Waals surface area contributed by atoms with Gasteiger partial charge in [0, 0.05) is 5.02 Å². The van der Waals surface area contributed by atoms with E-state index in [-0.39, 0.29) is 6.04 Å². The summed E-state index contributed by atoms with van der Waals surface area (Å²) < 4.78 is 0. The van der Waals surface area contributed by atoms with Crippen LogP contribution in [-0.2, 0) is 6.42 Å². The lowest BCUT2D eigenvalue weighted by atomic mass is 10.0. The number of halogens is 2. The minimum atomic E-state index is 0.229. The number of nitrogens with one attached hydrogen (secondary N) is 1. The second kappa shape index (κ2) is 7.20. The van der Waals surface area contributed by atoms with Crippen molar-refractivity contribution in [1.82, 2.24) is 0 Å². The van der Waals surface area contributed by atoms with Crippen LogP contribution in [0.5, 0.6) is 0 Å². The highest BCUT2D eigenvalue weighted by Gasteiger charge is 2.12. The lowest BCUT2D eigenvalue weighted by Crippen LogP contribution is -2.10. The largest absolute Gasteiger partial charge is 0.377 e. The van der Waals surface area contributed by atoms with Crippen molar-refractivity contribution in [2.75, 3.05) is 5.32 Å². The second-order valence-electron chi connectivity index (χ2n) is 5.28. The smallest absolute Gasteiger partial charge is 0.0641 e. The predicted molar refractivity (Wildman–Crippen MR) is 93.7 cm³/mol. The maximum atomic E-state index is 6.32. The molecule has 3 heteroatoms. The van der Waals surface area contributed by atoms with Crippen LogP contribution in [0.3, 0.4) is 0 Å². The van der Waals surface area contributed by atoms with Gasteiger partial charge >= 0.3 is 0 Å². The Morgan fingerprint density at radius 1 is 1.00 bits per heavy atom. The Bertz CT molecular complexity index is 605. The van der Waals surface area contributed by atoms with Gasteiger partial charge < -0.3 is 5.32 Å². The minimum absolute atomic E-state index is 0.229. The Labute approximate surface area is 137 Å². The van der Waals surface area contributed by atoms with E-state index in [2.05, 4.69) is 43.4 Å². The Hall–Kier alpha value is -1.18. The highest BCUT2D eigenvalue weighted by atomic mass is 35.5. The maximum absolute atomic E-state index is 6.32. The number of aryl methyl sites for hydroxylation is 2. The molecule has 1 atom stereocenters. The van der Waals surface area contributed by atoms with E-state index in [9.17, 15) is 0 Å². The highest BCUT2D eigenvalue weighted by Crippen LogP contribution is 2.32. The van der Waals surface area contributed by atoms with Crippen LogP contribution in [0, 0.1) is 6.92 Å². The van der Waals surface area contributed by atoms with E-state index in [0.717, 1.165) is 29.1 Å². The van der Waals surface area contributed by atoms with Gasteiger partial charge in [-0.1, -0.05) is 61.3 Å². The lowest BCUT2D eigenvalue weighted by Gasteiger charge is -2.20. The fourth-order valence-electron chi connectivity index (χ4n) is 2.35. The third-order valence-electron chi connectivity index (χ3n) is 3.78. The van der Waals surface area contributed by atoms with Crippen LogP contribution in [0.2, 0.25) is 10.0 Å². The molecule has 0 radical (unpaired) electrons. The van der Waals surface area contributed by atoms with Gasteiger partial charge in [0.25, 0.3) is 0 Å². The lowest BCUT2D eigenvalue weighted by molar-refractivity contribution is 0.749. The summed E-state index contributed by atoms with van der Waals surface area (Å²) in [4.78, 5) is 0. The Kier molecular flexibility index (Phi) is 5.55. The van der Waals surface area contributed by atoms with Gasteiger partial charge in [-0.05, 0) is 48.6 Å². The summed E-state index contributed by atoms with van der Waals surface area (Å²) in [6.07, 6.45) is 2.04. The molecule has 0 heterocycles. The average molecular weight is 322 g/mol. The first-order valence-corrected chi connectivity index (χ1v) is 8.11. The second-order valence-corrected chi connectivity index (χ2v) is 6.10. The fraction of sp³-hybridized carbons (Fsp3) is 0.333. The summed E-state index contributed by atoms with van der Waals surface area (Å²) in [6, 6.07) is 12.8. The molecule has 0 fully saturated rings. The number of benzene rings is 2. The van der Waals surface area contributed by atoms with Crippen LogP contribution in [0.25, 0.3) is 0 Å². The van der Waals surface area contributed by atoms with Gasteiger partial charge in [0.1, 0.15) is 0 Å². The van der Waals surface area contributed by atoms with Crippen LogP contribution in [0.15, 0.2) is 36.4 Å². The maximum Gasteiger partial charge on any atom is 0.0641 e. The van der Waals surface area contributed by atoms with Gasteiger partial charge in [-0.2, -0.15) is 0 Å². The van der Waals surface area contributed by atoms with E-state index in [0.29, 0.717) is 5.02 Å². The molecule has 0 aliphatic heterocycles. The van der Waals surface area contributed by atoms with Crippen molar-refractivity contribution in [2.45, 2.75) is 39.7 Å². The van der Waals surface area contributed by atoms with Gasteiger partial charge in [-0.25, -0.2) is 0 Å². The molecule has 0 amide bonds. The first kappa shape index (κ1) is 16.2. The zero-order valence-corrected chi connectivity index (χ0v) is 14.2. The van der Waals surface area contributed by atoms with E-state index < -0.39 is 0 Å². The van der Waals surface area contributed by atoms with Crippen LogP contribution < -0.4 is 5.32 Å². The molecule has 2 aromatic rings. The molecule has 2 aromatic carbocycles. The number of hydrogen-bond acceptors (Lipinski definition) is 1. The van der Waals surface area contributed by atoms with Crippen LogP contribution in [0.4, 0.5) is 5.69 Å². The van der Waals surface area contributed by atoms with E-state index in [1.54, 1.807) is 0 Å². The van der Waals surface area contributed by atoms with Crippen LogP contribution >= 0.6 is 23.2 Å². The molecule has 1 unspecified atom stereocenters. The summed E-state index contributed by atoms with van der Waals surface area (Å²) in [7, 11) is 0. The summed E-state index contributed by atoms with van der Waals surface area (Å²) >= 11 is 12.5. The van der Waals surface area contributed by atoms with E-state index in [1.807, 2.05) is 19.1 Å². The Balaban J connectivity index is 2.24. The summed E-state index contributed by atoms with van der Waals surface area (Å²) in [5.41, 5.74) is 4.50. The quantitative estimate of drug-likeness (QED) is 0.669. The molecule has 0 saturated heterocycles. The van der Waals surface area contributed by atoms with E-state index in [1.165, 1.54) is 11.1 Å². The molecule has 2 rings (SSSR count). The SMILES string of the molecule is CCc1ccc(C(CC)Nc2cc(Cl)c(C)cc2Cl)cc1. The van der Waals surface area contributed by atoms with E-state index in [4.69, 9.17) is 23.2 Å². The van der Waals surface area contributed by atoms with Gasteiger partial charge in [-0.15, -0.1) is 0 Å². The van der Waals surface area contributed by atoms with Crippen molar-refractivity contribution in [3.63, 3.8) is 0 Å². The van der Waals surface area contributed by atoms with Crippen molar-refractivity contribution >= 4 is 28.9 Å². The van der Waals surface area contributed by atoms with Crippen molar-refractivity contribution in [1.29, 1.82) is 0 Å². The molecular formula is C18H21Cl2N. The van der Waals surface area contributed by atoms with Gasteiger partial charge in [0.15, 0.2) is 0 Å². The molecule has 0 saturated carbocycles. The predicted octanol–water partition coefficient (Wildman–Crippen LogP) is 6.43. The third kappa shape index (κ3) is 3.93. The monoisotopic (exact) mass is 321 g/mol. The fourth-order valence-corrected chi connectivity index (χ4v) is 2.79. The average Bonchev–Trinajstić information content (AvgIpc) is 2.50. The third-order valence-corrected chi connectivity index (χ3v) is 4.50. The van der Waals surface area contributed by atoms with Crippen molar-refractivity contribution < 1.29 is 0 Å². The first-order chi connectivity index (χ1) is 10.0. The van der Waals surface area contributed by atoms with Crippen LogP contribution in [0.1, 0.15) is 43.0 Å². The minimum Gasteiger partial charge on any atom is -0.377 e. The van der Waals surface area contributed by atoms with Crippen molar-refractivity contribution in [3.05, 3.63) is 63.1 Å². The molecule has 1 N–H and O–H groups in total. The molecule has 0 aromatic heterocycles. The molecule has 0 bridgehead atoms. The molecular weight excluding hydrogens is 301 g/mol. The Morgan fingerprint density at radius 2 is 1.67 bits per heavy atom. The van der Waals surface area contributed by atoms with Gasteiger partial charge in [0.05, 0.1) is 16.8 Å². The number of hydrogen-bond donors (Lipinski definition) is 1. The molecule has 0 aliphatic carbocycles. The first-order valence-electron chi connectivity index (χ1n) is 7.36. The zero-order valence-electron chi connectivity index (χ0n) is 12.7. The van der Waals surface area contributed by atoms with Crippen LogP contribution in [-0.4, -0.2) is 0 Å². The molecule has 21 heavy (non-hydrogen) atoms. The van der Waals surface area contributed by atoms with Crippen molar-refractivity contribution in [2.24, 2.45) is 0 Å². The molecule has 1 nitrogen and oxygen atoms in total. The summed E-state index contributed by atoms with van der Waals surface area (Å²) in [6.45, 7) is 6.28. The van der Waals surface area contributed by atoms with E-state index >= 15 is 0 Å². The topological polar surface area (TPSA) is 12.0 Å². The van der Waals surface area contributed by atoms with Gasteiger partial charge in [-0.3, -0.25) is 0 Å². The number of anilines is 1. The highest BCUT2D eigenvalue weighted by molar-refractivity contribution is 6.35. The normalized spacial score (nSPS) is 12.2. The molecule has 0 aliphatic rings. The standard InChI is InChI=1S/C18H21Cl2N/c1-4-13-6-8-14(9-7-13)17(5-2)21-18-11-15(19)12(3)10-16(18)20/h6-11,17,21H,4-5H2,1-3H3. The zero-order chi connectivity index (χ0) is 15.4. The van der Waals surface area contributed by atoms with Gasteiger partial charge in [0.2, 0.25) is 0 Å². The number of rotatable bonds is 5.